The zero-order valence-corrected chi connectivity index (χ0v) is 4.07. The van der Waals surface area contributed by atoms with E-state index in [2.05, 4.69) is 4.99 Å². The van der Waals surface area contributed by atoms with E-state index < -0.39 is 10.8 Å². The molecule has 2 nitrogen and oxygen atoms in total. The van der Waals surface area contributed by atoms with E-state index in [1.807, 2.05) is 0 Å². The maximum Gasteiger partial charge on any atom is 0.0854 e. The van der Waals surface area contributed by atoms with E-state index in [0.717, 1.165) is 12.3 Å². The Morgan fingerprint density at radius 2 is 2.67 bits per heavy atom. The maximum atomic E-state index is 10.2. The molecule has 1 unspecified atom stereocenters. The minimum Gasteiger partial charge on any atom is -0.283 e. The highest BCUT2D eigenvalue weighted by Crippen LogP contribution is 1.85. The van der Waals surface area contributed by atoms with Crippen LogP contribution in [-0.4, -0.2) is 22.1 Å². The summed E-state index contributed by atoms with van der Waals surface area (Å²) in [5.74, 6) is 0.736. The first-order valence-corrected chi connectivity index (χ1v) is 3.15. The molecule has 0 radical (unpaired) electrons. The molecular formula is C3H5NOS. The predicted molar refractivity (Wildman–Crippen MR) is 26.4 cm³/mol. The molecule has 0 aromatic carbocycles. The van der Waals surface area contributed by atoms with Crippen molar-refractivity contribution in [2.45, 2.75) is 0 Å². The quantitative estimate of drug-likeness (QED) is 0.416. The Bertz CT molecular complexity index is 99.0. The molecule has 1 aliphatic heterocycles. The summed E-state index contributed by atoms with van der Waals surface area (Å²) >= 11 is 0. The molecule has 1 aliphatic rings. The van der Waals surface area contributed by atoms with Gasteiger partial charge in [0.15, 0.2) is 0 Å². The lowest BCUT2D eigenvalue weighted by atomic mass is 10.8. The van der Waals surface area contributed by atoms with Gasteiger partial charge in [0.1, 0.15) is 0 Å². The van der Waals surface area contributed by atoms with Crippen LogP contribution in [0.2, 0.25) is 0 Å². The van der Waals surface area contributed by atoms with Crippen molar-refractivity contribution in [3.8, 4) is 0 Å². The van der Waals surface area contributed by atoms with Gasteiger partial charge in [0.05, 0.1) is 22.9 Å². The van der Waals surface area contributed by atoms with Crippen molar-refractivity contribution < 1.29 is 4.21 Å². The Labute approximate surface area is 38.7 Å². The van der Waals surface area contributed by atoms with Crippen LogP contribution in [0.5, 0.6) is 0 Å². The molecule has 0 fully saturated rings. The molecule has 0 amide bonds. The van der Waals surface area contributed by atoms with E-state index in [9.17, 15) is 4.21 Å². The van der Waals surface area contributed by atoms with Gasteiger partial charge in [-0.1, -0.05) is 0 Å². The molecule has 0 N–H and O–H groups in total. The van der Waals surface area contributed by atoms with Gasteiger partial charge in [-0.05, 0) is 0 Å². The summed E-state index contributed by atoms with van der Waals surface area (Å²) in [6.07, 6.45) is 0. The topological polar surface area (TPSA) is 29.4 Å². The largest absolute Gasteiger partial charge is 0.283 e. The normalized spacial score (nSPS) is 31.7. The molecule has 34 valence electrons. The fraction of sp³-hybridized carbons (Fsp3) is 0.667. The number of hydrogen-bond donors (Lipinski definition) is 0. The zero-order chi connectivity index (χ0) is 4.41. The van der Waals surface area contributed by atoms with Crippen LogP contribution in [0.25, 0.3) is 0 Å². The first-order chi connectivity index (χ1) is 2.89. The summed E-state index contributed by atoms with van der Waals surface area (Å²) in [4.78, 5) is 3.74. The van der Waals surface area contributed by atoms with E-state index in [-0.39, 0.29) is 0 Å². The molecular weight excluding hydrogens is 98.1 g/mol. The lowest BCUT2D eigenvalue weighted by Crippen LogP contribution is -1.88. The SMILES string of the molecule is O=S1C=NCC1. The maximum absolute atomic E-state index is 10.2. The van der Waals surface area contributed by atoms with Crippen LogP contribution in [0, 0.1) is 0 Å². The molecule has 0 aromatic rings. The van der Waals surface area contributed by atoms with Gasteiger partial charge in [-0.15, -0.1) is 0 Å². The smallest absolute Gasteiger partial charge is 0.0854 e. The summed E-state index contributed by atoms with van der Waals surface area (Å²) in [5, 5.41) is 0. The van der Waals surface area contributed by atoms with Crippen molar-refractivity contribution in [3.05, 3.63) is 0 Å². The molecule has 1 heterocycles. The average molecular weight is 103 g/mol. The monoisotopic (exact) mass is 103 g/mol. The number of hydrogen-bond acceptors (Lipinski definition) is 2. The van der Waals surface area contributed by atoms with Gasteiger partial charge in [-0.25, -0.2) is 0 Å². The molecule has 0 spiro atoms. The molecule has 0 aromatic heterocycles. The van der Waals surface area contributed by atoms with Gasteiger partial charge < -0.3 is 0 Å². The Morgan fingerprint density at radius 1 is 1.83 bits per heavy atom. The Morgan fingerprint density at radius 3 is 2.83 bits per heavy atom. The lowest BCUT2D eigenvalue weighted by molar-refractivity contribution is 0.691. The number of rotatable bonds is 0. The van der Waals surface area contributed by atoms with Gasteiger partial charge in [0, 0.05) is 5.75 Å². The third-order valence-electron chi connectivity index (χ3n) is 0.614. The van der Waals surface area contributed by atoms with Crippen LogP contribution in [0.4, 0.5) is 0 Å². The third kappa shape index (κ3) is 0.653. The Hall–Kier alpha value is -0.180. The molecule has 0 aliphatic carbocycles. The van der Waals surface area contributed by atoms with Gasteiger partial charge in [-0.2, -0.15) is 0 Å². The Balaban J connectivity index is 2.59. The van der Waals surface area contributed by atoms with Crippen molar-refractivity contribution in [2.75, 3.05) is 12.3 Å². The summed E-state index contributed by atoms with van der Waals surface area (Å²) in [7, 11) is -0.715. The van der Waals surface area contributed by atoms with Gasteiger partial charge in [-0.3, -0.25) is 9.20 Å². The fourth-order valence-corrected chi connectivity index (χ4v) is 0.994. The Kier molecular flexibility index (Phi) is 1.01. The van der Waals surface area contributed by atoms with Crippen molar-refractivity contribution in [2.24, 2.45) is 4.99 Å². The predicted octanol–water partition coefficient (Wildman–Crippen LogP) is -0.223. The molecule has 3 heteroatoms. The summed E-state index contributed by atoms with van der Waals surface area (Å²) < 4.78 is 10.2. The van der Waals surface area contributed by atoms with E-state index in [1.165, 1.54) is 5.55 Å². The van der Waals surface area contributed by atoms with Crippen LogP contribution < -0.4 is 0 Å². The van der Waals surface area contributed by atoms with Crippen molar-refractivity contribution in [3.63, 3.8) is 0 Å². The van der Waals surface area contributed by atoms with E-state index in [1.54, 1.807) is 0 Å². The van der Waals surface area contributed by atoms with Crippen molar-refractivity contribution in [1.29, 1.82) is 0 Å². The van der Waals surface area contributed by atoms with Crippen LogP contribution in [0.15, 0.2) is 4.99 Å². The van der Waals surface area contributed by atoms with Crippen LogP contribution >= 0.6 is 0 Å². The van der Waals surface area contributed by atoms with E-state index in [4.69, 9.17) is 0 Å². The minimum absolute atomic E-state index is 0.715. The van der Waals surface area contributed by atoms with Gasteiger partial charge in [0.25, 0.3) is 0 Å². The highest BCUT2D eigenvalue weighted by molar-refractivity contribution is 7.98. The average Bonchev–Trinajstić information content (AvgIpc) is 1.86. The van der Waals surface area contributed by atoms with Gasteiger partial charge in [0.2, 0.25) is 0 Å². The first kappa shape index (κ1) is 3.99. The molecule has 0 saturated carbocycles. The number of nitrogens with zero attached hydrogens (tertiary/aromatic N) is 1. The van der Waals surface area contributed by atoms with Crippen molar-refractivity contribution >= 4 is 16.3 Å². The molecule has 1 rings (SSSR count). The highest BCUT2D eigenvalue weighted by Gasteiger charge is 1.97. The second-order valence-corrected chi connectivity index (χ2v) is 2.48. The molecule has 1 atom stereocenters. The lowest BCUT2D eigenvalue weighted by Gasteiger charge is -1.70. The molecule has 0 bridgehead atoms. The van der Waals surface area contributed by atoms with Crippen LogP contribution in [-0.2, 0) is 10.8 Å². The fourth-order valence-electron chi connectivity index (χ4n) is 0.331. The van der Waals surface area contributed by atoms with Crippen LogP contribution in [0.1, 0.15) is 0 Å². The third-order valence-corrected chi connectivity index (χ3v) is 1.58. The second kappa shape index (κ2) is 1.51. The summed E-state index contributed by atoms with van der Waals surface area (Å²) in [6.45, 7) is 0.757. The number of aliphatic imine (C=N–C) groups is 1. The summed E-state index contributed by atoms with van der Waals surface area (Å²) in [5.41, 5.74) is 1.50. The van der Waals surface area contributed by atoms with E-state index in [0.29, 0.717) is 0 Å². The van der Waals surface area contributed by atoms with E-state index >= 15 is 0 Å². The van der Waals surface area contributed by atoms with Crippen molar-refractivity contribution in [1.82, 2.24) is 0 Å². The minimum atomic E-state index is -0.715. The summed E-state index contributed by atoms with van der Waals surface area (Å²) in [6, 6.07) is 0. The zero-order valence-electron chi connectivity index (χ0n) is 3.26. The highest BCUT2D eigenvalue weighted by atomic mass is 32.2. The second-order valence-electron chi connectivity index (χ2n) is 1.10. The molecule has 6 heavy (non-hydrogen) atoms. The first-order valence-electron chi connectivity index (χ1n) is 1.77. The van der Waals surface area contributed by atoms with Gasteiger partial charge >= 0.3 is 0 Å². The molecule has 0 saturated heterocycles. The van der Waals surface area contributed by atoms with Crippen LogP contribution in [0.3, 0.4) is 0 Å². The standard InChI is InChI=1S/C3H5NOS/c5-6-2-1-4-3-6/h3H,1-2H2.